The molecule has 1 aromatic carbocycles. The van der Waals surface area contributed by atoms with E-state index in [2.05, 4.69) is 39.9 Å². The van der Waals surface area contributed by atoms with Crippen LogP contribution in [0.3, 0.4) is 0 Å². The minimum atomic E-state index is -0.448. The molecule has 1 aliphatic heterocycles. The summed E-state index contributed by atoms with van der Waals surface area (Å²) in [6, 6.07) is 6.16. The Bertz CT molecular complexity index is 436. The van der Waals surface area contributed by atoms with Crippen LogP contribution < -0.4 is 4.90 Å². The van der Waals surface area contributed by atoms with E-state index in [9.17, 15) is 5.11 Å². The molecule has 3 nitrogen and oxygen atoms in total. The fourth-order valence-electron chi connectivity index (χ4n) is 2.63. The average Bonchev–Trinajstić information content (AvgIpc) is 2.38. The number of anilines is 1. The summed E-state index contributed by atoms with van der Waals surface area (Å²) >= 11 is 3.54. The van der Waals surface area contributed by atoms with Crippen LogP contribution in [0, 0.1) is 5.92 Å². The van der Waals surface area contributed by atoms with Crippen molar-refractivity contribution in [1.82, 2.24) is 0 Å². The first kappa shape index (κ1) is 14.8. The number of hydrogen-bond donors (Lipinski definition) is 1. The number of benzene rings is 1. The predicted octanol–water partition coefficient (Wildman–Crippen LogP) is 3.36. The van der Waals surface area contributed by atoms with Crippen molar-refractivity contribution in [1.29, 1.82) is 0 Å². The number of aliphatic hydroxyl groups excluding tert-OH is 1. The van der Waals surface area contributed by atoms with E-state index >= 15 is 0 Å². The Morgan fingerprint density at radius 2 is 2.21 bits per heavy atom. The number of halogens is 1. The van der Waals surface area contributed by atoms with E-state index < -0.39 is 6.10 Å². The van der Waals surface area contributed by atoms with Gasteiger partial charge in [-0.1, -0.05) is 28.9 Å². The molecule has 1 heterocycles. The fourth-order valence-corrected chi connectivity index (χ4v) is 3.32. The summed E-state index contributed by atoms with van der Waals surface area (Å²) in [6.45, 7) is 6.01. The molecule has 0 aliphatic carbocycles. The summed E-state index contributed by atoms with van der Waals surface area (Å²) in [5.41, 5.74) is 2.11. The number of hydrogen-bond acceptors (Lipinski definition) is 3. The molecule has 0 amide bonds. The molecule has 1 aliphatic rings. The largest absolute Gasteiger partial charge is 0.389 e. The normalized spacial score (nSPS) is 25.4. The summed E-state index contributed by atoms with van der Waals surface area (Å²) < 4.78 is 6.52. The van der Waals surface area contributed by atoms with Crippen LogP contribution in [-0.2, 0) is 4.74 Å². The first-order valence-electron chi connectivity index (χ1n) is 6.78. The van der Waals surface area contributed by atoms with Crippen molar-refractivity contribution >= 4 is 21.6 Å². The van der Waals surface area contributed by atoms with Gasteiger partial charge in [-0.25, -0.2) is 0 Å². The third kappa shape index (κ3) is 3.30. The molecule has 19 heavy (non-hydrogen) atoms. The van der Waals surface area contributed by atoms with Crippen molar-refractivity contribution in [3.8, 4) is 0 Å². The van der Waals surface area contributed by atoms with Gasteiger partial charge in [0, 0.05) is 30.4 Å². The Morgan fingerprint density at radius 3 is 2.79 bits per heavy atom. The Labute approximate surface area is 123 Å². The minimum Gasteiger partial charge on any atom is -0.389 e. The minimum absolute atomic E-state index is 0.295. The molecule has 0 saturated carbocycles. The van der Waals surface area contributed by atoms with E-state index in [0.29, 0.717) is 12.0 Å². The van der Waals surface area contributed by atoms with Crippen LogP contribution in [0.1, 0.15) is 31.9 Å². The number of rotatable bonds is 3. The number of methoxy groups -OCH3 is 1. The summed E-state index contributed by atoms with van der Waals surface area (Å²) in [4.78, 5) is 2.35. The lowest BCUT2D eigenvalue weighted by Gasteiger charge is -2.37. The maximum Gasteiger partial charge on any atom is 0.0772 e. The SMILES string of the molecule is COC1CN(c2ccc([C@@H](C)O)c(Br)c2)CCC1C. The molecule has 0 radical (unpaired) electrons. The molecule has 0 aromatic heterocycles. The molecule has 1 aromatic rings. The predicted molar refractivity (Wildman–Crippen MR) is 81.6 cm³/mol. The van der Waals surface area contributed by atoms with Crippen molar-refractivity contribution in [2.24, 2.45) is 5.92 Å². The maximum absolute atomic E-state index is 9.66. The molecule has 1 fully saturated rings. The molecule has 1 N–H and O–H groups in total. The first-order chi connectivity index (χ1) is 9.02. The van der Waals surface area contributed by atoms with Gasteiger partial charge >= 0.3 is 0 Å². The van der Waals surface area contributed by atoms with E-state index in [1.54, 1.807) is 14.0 Å². The van der Waals surface area contributed by atoms with Crippen molar-refractivity contribution in [2.45, 2.75) is 32.5 Å². The zero-order valence-electron chi connectivity index (χ0n) is 11.8. The van der Waals surface area contributed by atoms with E-state index in [1.807, 2.05) is 6.07 Å². The van der Waals surface area contributed by atoms with E-state index in [-0.39, 0.29) is 0 Å². The Morgan fingerprint density at radius 1 is 1.47 bits per heavy atom. The van der Waals surface area contributed by atoms with Gasteiger partial charge in [0.15, 0.2) is 0 Å². The molecule has 2 unspecified atom stereocenters. The lowest BCUT2D eigenvalue weighted by atomic mass is 9.95. The Hall–Kier alpha value is -0.580. The van der Waals surface area contributed by atoms with Crippen molar-refractivity contribution in [3.63, 3.8) is 0 Å². The third-order valence-corrected chi connectivity index (χ3v) is 4.68. The van der Waals surface area contributed by atoms with Crippen molar-refractivity contribution < 1.29 is 9.84 Å². The van der Waals surface area contributed by atoms with Crippen LogP contribution in [0.4, 0.5) is 5.69 Å². The van der Waals surface area contributed by atoms with Gasteiger partial charge in [-0.3, -0.25) is 0 Å². The highest BCUT2D eigenvalue weighted by atomic mass is 79.9. The van der Waals surface area contributed by atoms with Crippen LogP contribution in [0.2, 0.25) is 0 Å². The van der Waals surface area contributed by atoms with Crippen LogP contribution in [0.15, 0.2) is 22.7 Å². The van der Waals surface area contributed by atoms with Gasteiger partial charge in [0.25, 0.3) is 0 Å². The van der Waals surface area contributed by atoms with Gasteiger partial charge in [-0.15, -0.1) is 0 Å². The molecular weight excluding hydrogens is 306 g/mol. The molecule has 3 atom stereocenters. The van der Waals surface area contributed by atoms with E-state index in [1.165, 1.54) is 5.69 Å². The number of aliphatic hydroxyl groups is 1. The highest BCUT2D eigenvalue weighted by molar-refractivity contribution is 9.10. The summed E-state index contributed by atoms with van der Waals surface area (Å²) in [5, 5.41) is 9.66. The van der Waals surface area contributed by atoms with Crippen LogP contribution >= 0.6 is 15.9 Å². The maximum atomic E-state index is 9.66. The molecule has 0 spiro atoms. The summed E-state index contributed by atoms with van der Waals surface area (Å²) in [5.74, 6) is 0.612. The second-order valence-corrected chi connectivity index (χ2v) is 6.22. The Kier molecular flexibility index (Phi) is 4.87. The smallest absolute Gasteiger partial charge is 0.0772 e. The standard InChI is InChI=1S/C15H22BrNO2/c1-10-6-7-17(9-15(10)19-3)12-4-5-13(11(2)18)14(16)8-12/h4-5,8,10-11,15,18H,6-7,9H2,1-3H3/t10?,11-,15?/m1/s1. The van der Waals surface area contributed by atoms with E-state index in [0.717, 1.165) is 29.5 Å². The first-order valence-corrected chi connectivity index (χ1v) is 7.57. The van der Waals surface area contributed by atoms with Gasteiger partial charge < -0.3 is 14.7 Å². The molecule has 0 bridgehead atoms. The van der Waals surface area contributed by atoms with Crippen LogP contribution in [0.5, 0.6) is 0 Å². The van der Waals surface area contributed by atoms with Gasteiger partial charge in [0.2, 0.25) is 0 Å². The molecule has 106 valence electrons. The number of ether oxygens (including phenoxy) is 1. The molecular formula is C15H22BrNO2. The third-order valence-electron chi connectivity index (χ3n) is 3.99. The van der Waals surface area contributed by atoms with Crippen LogP contribution in [-0.4, -0.2) is 31.4 Å². The lowest BCUT2D eigenvalue weighted by molar-refractivity contribution is 0.0498. The zero-order chi connectivity index (χ0) is 14.0. The van der Waals surface area contributed by atoms with Crippen molar-refractivity contribution in [2.75, 3.05) is 25.1 Å². The monoisotopic (exact) mass is 327 g/mol. The van der Waals surface area contributed by atoms with E-state index in [4.69, 9.17) is 4.74 Å². The number of piperidine rings is 1. The number of nitrogens with zero attached hydrogens (tertiary/aromatic N) is 1. The van der Waals surface area contributed by atoms with Crippen LogP contribution in [0.25, 0.3) is 0 Å². The molecule has 1 saturated heterocycles. The zero-order valence-corrected chi connectivity index (χ0v) is 13.4. The summed E-state index contributed by atoms with van der Waals surface area (Å²) in [7, 11) is 1.79. The fraction of sp³-hybridized carbons (Fsp3) is 0.600. The summed E-state index contributed by atoms with van der Waals surface area (Å²) in [6.07, 6.45) is 0.995. The van der Waals surface area contributed by atoms with Gasteiger partial charge in [-0.2, -0.15) is 0 Å². The highest BCUT2D eigenvalue weighted by Crippen LogP contribution is 2.30. The molecule has 2 rings (SSSR count). The highest BCUT2D eigenvalue weighted by Gasteiger charge is 2.26. The van der Waals surface area contributed by atoms with Gasteiger partial charge in [0.1, 0.15) is 0 Å². The van der Waals surface area contributed by atoms with Gasteiger partial charge in [0.05, 0.1) is 12.2 Å². The topological polar surface area (TPSA) is 32.7 Å². The second kappa shape index (κ2) is 6.25. The Balaban J connectivity index is 2.16. The quantitative estimate of drug-likeness (QED) is 0.923. The molecule has 4 heteroatoms. The van der Waals surface area contributed by atoms with Gasteiger partial charge in [-0.05, 0) is 37.0 Å². The lowest BCUT2D eigenvalue weighted by Crippen LogP contribution is -2.43. The average molecular weight is 328 g/mol. The van der Waals surface area contributed by atoms with Crippen molar-refractivity contribution in [3.05, 3.63) is 28.2 Å². The second-order valence-electron chi connectivity index (χ2n) is 5.37.